The number of carbonyl (C=O) groups is 1. The summed E-state index contributed by atoms with van der Waals surface area (Å²) >= 11 is 1.72. The number of aryl methyl sites for hydroxylation is 1. The Morgan fingerprint density at radius 2 is 2.03 bits per heavy atom. The first kappa shape index (κ1) is 21.9. The van der Waals surface area contributed by atoms with Gasteiger partial charge in [-0.15, -0.1) is 0 Å². The van der Waals surface area contributed by atoms with Crippen LogP contribution >= 0.6 is 11.9 Å². The minimum absolute atomic E-state index is 0.145. The van der Waals surface area contributed by atoms with Crippen molar-refractivity contribution in [3.63, 3.8) is 0 Å². The van der Waals surface area contributed by atoms with Gasteiger partial charge in [-0.2, -0.15) is 0 Å². The predicted octanol–water partition coefficient (Wildman–Crippen LogP) is 4.45. The Hall–Kier alpha value is -1.76. The number of esters is 1. The molecule has 1 aliphatic carbocycles. The first-order chi connectivity index (χ1) is 13.9. The summed E-state index contributed by atoms with van der Waals surface area (Å²) in [5.41, 5.74) is 3.99. The highest BCUT2D eigenvalue weighted by atomic mass is 32.2. The molecule has 1 atom stereocenters. The summed E-state index contributed by atoms with van der Waals surface area (Å²) in [6, 6.07) is 8.53. The number of unbranched alkanes of at least 4 members (excludes halogenated alkanes) is 1. The molecule has 29 heavy (non-hydrogen) atoms. The number of nitrogens with two attached hydrogens (primary N) is 1. The van der Waals surface area contributed by atoms with Crippen LogP contribution in [0.15, 0.2) is 52.1 Å². The monoisotopic (exact) mass is 415 g/mol. The smallest absolute Gasteiger partial charge is 0.317 e. The summed E-state index contributed by atoms with van der Waals surface area (Å²) < 4.78 is 7.59. The van der Waals surface area contributed by atoms with Crippen molar-refractivity contribution in [1.82, 2.24) is 9.31 Å². The molecule has 5 nitrogen and oxygen atoms in total. The lowest BCUT2D eigenvalue weighted by Gasteiger charge is -2.45. The average Bonchev–Trinajstić information content (AvgIpc) is 2.72. The first-order valence-corrected chi connectivity index (χ1v) is 11.2. The van der Waals surface area contributed by atoms with Crippen molar-refractivity contribution >= 4 is 17.9 Å². The fraction of sp³-hybridized carbons (Fsp3) is 0.522. The van der Waals surface area contributed by atoms with Crippen LogP contribution in [-0.4, -0.2) is 42.0 Å². The number of carbonyl (C=O) groups excluding carboxylic acids is 1. The molecule has 1 aromatic carbocycles. The van der Waals surface area contributed by atoms with Crippen LogP contribution < -0.4 is 5.84 Å². The van der Waals surface area contributed by atoms with Gasteiger partial charge in [0.15, 0.2) is 0 Å². The summed E-state index contributed by atoms with van der Waals surface area (Å²) in [4.78, 5) is 14.2. The van der Waals surface area contributed by atoms with E-state index in [1.165, 1.54) is 17.6 Å². The fourth-order valence-electron chi connectivity index (χ4n) is 4.24. The Kier molecular flexibility index (Phi) is 7.09. The van der Waals surface area contributed by atoms with Crippen LogP contribution in [0.3, 0.4) is 0 Å². The molecular weight excluding hydrogens is 382 g/mol. The van der Waals surface area contributed by atoms with Crippen molar-refractivity contribution < 1.29 is 9.53 Å². The highest BCUT2D eigenvalue weighted by Crippen LogP contribution is 2.48. The van der Waals surface area contributed by atoms with Gasteiger partial charge >= 0.3 is 5.97 Å². The summed E-state index contributed by atoms with van der Waals surface area (Å²) in [6.07, 6.45) is 5.81. The lowest BCUT2D eigenvalue weighted by atomic mass is 9.68. The topological polar surface area (TPSA) is 58.8 Å². The van der Waals surface area contributed by atoms with E-state index in [1.807, 2.05) is 5.01 Å². The largest absolute Gasteiger partial charge is 0.468 e. The number of hydrazine groups is 1. The van der Waals surface area contributed by atoms with Crippen LogP contribution in [0.1, 0.15) is 45.1 Å². The van der Waals surface area contributed by atoms with Crippen molar-refractivity contribution in [3.8, 4) is 0 Å². The first-order valence-electron chi connectivity index (χ1n) is 10.4. The molecule has 0 amide bonds. The Morgan fingerprint density at radius 1 is 1.31 bits per heavy atom. The number of rotatable bonds is 7. The van der Waals surface area contributed by atoms with Crippen molar-refractivity contribution in [2.24, 2.45) is 11.3 Å². The molecule has 1 heterocycles. The van der Waals surface area contributed by atoms with Crippen molar-refractivity contribution in [3.05, 3.63) is 52.7 Å². The van der Waals surface area contributed by atoms with Gasteiger partial charge in [0.2, 0.25) is 0 Å². The van der Waals surface area contributed by atoms with Crippen molar-refractivity contribution in [2.45, 2.75) is 51.3 Å². The van der Waals surface area contributed by atoms with Crippen LogP contribution in [0.25, 0.3) is 0 Å². The van der Waals surface area contributed by atoms with Crippen LogP contribution in [0.2, 0.25) is 0 Å². The maximum absolute atomic E-state index is 13.0. The lowest BCUT2D eigenvalue weighted by Crippen LogP contribution is -2.49. The van der Waals surface area contributed by atoms with Crippen LogP contribution in [-0.2, 0) is 9.53 Å². The highest BCUT2D eigenvalue weighted by Gasteiger charge is 2.49. The number of methoxy groups -OCH3 is 1. The molecule has 1 aromatic rings. The molecule has 0 spiro atoms. The molecule has 1 aliphatic heterocycles. The molecular formula is C23H33N3O2S. The van der Waals surface area contributed by atoms with E-state index >= 15 is 0 Å². The number of fused-ring (bicyclic) bond motifs is 1. The highest BCUT2D eigenvalue weighted by molar-refractivity contribution is 7.97. The molecule has 2 aliphatic rings. The van der Waals surface area contributed by atoms with Crippen LogP contribution in [0.5, 0.6) is 0 Å². The zero-order chi connectivity index (χ0) is 21.0. The van der Waals surface area contributed by atoms with E-state index < -0.39 is 5.41 Å². The minimum Gasteiger partial charge on any atom is -0.468 e. The van der Waals surface area contributed by atoms with Crippen LogP contribution in [0.4, 0.5) is 0 Å². The van der Waals surface area contributed by atoms with E-state index in [0.717, 1.165) is 49.2 Å². The molecule has 3 rings (SSSR count). The number of piperidine rings is 1. The Labute approximate surface area is 179 Å². The van der Waals surface area contributed by atoms with Gasteiger partial charge in [0, 0.05) is 24.5 Å². The molecule has 6 heteroatoms. The molecule has 1 unspecified atom stereocenters. The maximum atomic E-state index is 13.0. The zero-order valence-electron chi connectivity index (χ0n) is 18.0. The third-order valence-corrected chi connectivity index (χ3v) is 6.95. The Balaban J connectivity index is 1.83. The van der Waals surface area contributed by atoms with Gasteiger partial charge in [0.25, 0.3) is 0 Å². The maximum Gasteiger partial charge on any atom is 0.317 e. The van der Waals surface area contributed by atoms with Gasteiger partial charge in [0.05, 0.1) is 12.8 Å². The summed E-state index contributed by atoms with van der Waals surface area (Å²) in [7, 11) is 1.49. The van der Waals surface area contributed by atoms with Crippen molar-refractivity contribution in [2.75, 3.05) is 26.7 Å². The van der Waals surface area contributed by atoms with Crippen molar-refractivity contribution in [1.29, 1.82) is 0 Å². The van der Waals surface area contributed by atoms with Gasteiger partial charge < -0.3 is 9.75 Å². The second-order valence-electron chi connectivity index (χ2n) is 8.15. The molecule has 0 aromatic heterocycles. The molecule has 0 bridgehead atoms. The van der Waals surface area contributed by atoms with Gasteiger partial charge in [-0.25, -0.2) is 10.1 Å². The summed E-state index contributed by atoms with van der Waals surface area (Å²) in [5, 5.41) is 1.85. The summed E-state index contributed by atoms with van der Waals surface area (Å²) in [5.74, 6) is 6.20. The second-order valence-corrected chi connectivity index (χ2v) is 9.32. The standard InChI is InChI=1S/C23H33N3O2S/c1-5-6-12-26(24)21-14-19-11-13-25(29-20-9-7-17(2)8-10-20)16-23(19,15-18(21)3)22(27)28-4/h7-10,14H,5-6,11-13,15-16,24H2,1-4H3. The normalized spacial score (nSPS) is 22.2. The van der Waals surface area contributed by atoms with Crippen LogP contribution in [0, 0.1) is 12.3 Å². The second kappa shape index (κ2) is 9.37. The number of ether oxygens (including phenoxy) is 1. The minimum atomic E-state index is -0.621. The van der Waals surface area contributed by atoms with E-state index in [4.69, 9.17) is 10.6 Å². The van der Waals surface area contributed by atoms with E-state index in [2.05, 4.69) is 55.4 Å². The van der Waals surface area contributed by atoms with E-state index in [-0.39, 0.29) is 5.97 Å². The SMILES string of the molecule is CCCCN(N)C1=C(C)CC2(C(=O)OC)CN(Sc3ccc(C)cc3)CCC2=C1. The molecule has 1 fully saturated rings. The third-order valence-electron chi connectivity index (χ3n) is 5.90. The zero-order valence-corrected chi connectivity index (χ0v) is 18.8. The van der Waals surface area contributed by atoms with E-state index in [0.29, 0.717) is 13.0 Å². The Bertz CT molecular complexity index is 803. The Morgan fingerprint density at radius 3 is 2.69 bits per heavy atom. The molecule has 0 saturated carbocycles. The molecule has 158 valence electrons. The average molecular weight is 416 g/mol. The van der Waals surface area contributed by atoms with E-state index in [9.17, 15) is 4.79 Å². The molecule has 1 saturated heterocycles. The molecule has 2 N–H and O–H groups in total. The third kappa shape index (κ3) is 4.71. The predicted molar refractivity (Wildman–Crippen MR) is 119 cm³/mol. The number of hydrogen-bond acceptors (Lipinski definition) is 6. The van der Waals surface area contributed by atoms with E-state index in [1.54, 1.807) is 11.9 Å². The number of allylic oxidation sites excluding steroid dienone is 2. The number of benzene rings is 1. The van der Waals surface area contributed by atoms with Gasteiger partial charge in [-0.05, 0) is 74.4 Å². The van der Waals surface area contributed by atoms with Gasteiger partial charge in [-0.1, -0.05) is 31.0 Å². The fourth-order valence-corrected chi connectivity index (χ4v) is 5.27. The quantitative estimate of drug-likeness (QED) is 0.307. The number of nitrogens with zero attached hydrogens (tertiary/aromatic N) is 2. The van der Waals surface area contributed by atoms with Gasteiger partial charge in [-0.3, -0.25) is 4.79 Å². The van der Waals surface area contributed by atoms with Gasteiger partial charge in [0.1, 0.15) is 5.41 Å². The number of hydrogen-bond donors (Lipinski definition) is 1. The summed E-state index contributed by atoms with van der Waals surface area (Å²) in [6.45, 7) is 8.72. The molecule has 0 radical (unpaired) electrons. The lowest BCUT2D eigenvalue weighted by molar-refractivity contribution is -0.151.